The van der Waals surface area contributed by atoms with Crippen molar-refractivity contribution in [2.45, 2.75) is 13.5 Å². The lowest BCUT2D eigenvalue weighted by Crippen LogP contribution is -2.00. The summed E-state index contributed by atoms with van der Waals surface area (Å²) in [5, 5.41) is 13.5. The minimum Gasteiger partial charge on any atom is -0.487 e. The third-order valence-electron chi connectivity index (χ3n) is 3.85. The Labute approximate surface area is 150 Å². The van der Waals surface area contributed by atoms with E-state index < -0.39 is 5.97 Å². The smallest absolute Gasteiger partial charge is 0.356 e. The second kappa shape index (κ2) is 6.99. The van der Waals surface area contributed by atoms with Gasteiger partial charge >= 0.3 is 5.97 Å². The number of aromatic carboxylic acids is 1. The predicted molar refractivity (Wildman–Crippen MR) is 96.1 cm³/mol. The average molecular weight is 357 g/mol. The van der Waals surface area contributed by atoms with Gasteiger partial charge in [-0.2, -0.15) is 5.10 Å². The summed E-state index contributed by atoms with van der Waals surface area (Å²) in [5.74, 6) is -0.442. The van der Waals surface area contributed by atoms with Crippen LogP contribution in [0, 0.1) is 6.92 Å². The van der Waals surface area contributed by atoms with Crippen LogP contribution in [0.15, 0.2) is 48.5 Å². The molecule has 1 N–H and O–H groups in total. The largest absolute Gasteiger partial charge is 0.487 e. The number of hydrogen-bond acceptors (Lipinski definition) is 3. The van der Waals surface area contributed by atoms with Crippen molar-refractivity contribution < 1.29 is 14.6 Å². The fourth-order valence-electron chi connectivity index (χ4n) is 2.63. The van der Waals surface area contributed by atoms with Gasteiger partial charge in [0.25, 0.3) is 0 Å². The number of aromatic nitrogens is 2. The Kier molecular flexibility index (Phi) is 4.76. The number of aryl methyl sites for hydroxylation is 2. The summed E-state index contributed by atoms with van der Waals surface area (Å²) < 4.78 is 7.40. The quantitative estimate of drug-likeness (QED) is 0.739. The van der Waals surface area contributed by atoms with Gasteiger partial charge in [0.1, 0.15) is 12.4 Å². The molecule has 2 aromatic carbocycles. The second-order valence-corrected chi connectivity index (χ2v) is 6.13. The monoisotopic (exact) mass is 356 g/mol. The number of hydrogen-bond donors (Lipinski definition) is 1. The highest BCUT2D eigenvalue weighted by Crippen LogP contribution is 2.34. The summed E-state index contributed by atoms with van der Waals surface area (Å²) >= 11 is 6.40. The van der Waals surface area contributed by atoms with Crippen molar-refractivity contribution in [3.8, 4) is 17.0 Å². The van der Waals surface area contributed by atoms with E-state index >= 15 is 0 Å². The van der Waals surface area contributed by atoms with Gasteiger partial charge in [-0.25, -0.2) is 4.79 Å². The lowest BCUT2D eigenvalue weighted by atomic mass is 10.1. The Morgan fingerprint density at radius 1 is 1.24 bits per heavy atom. The minimum atomic E-state index is -1.06. The van der Waals surface area contributed by atoms with Crippen molar-refractivity contribution in [1.29, 1.82) is 0 Å². The molecule has 0 aliphatic rings. The molecule has 0 fully saturated rings. The van der Waals surface area contributed by atoms with Crippen molar-refractivity contribution in [1.82, 2.24) is 9.78 Å². The molecule has 6 heteroatoms. The third-order valence-corrected chi connectivity index (χ3v) is 4.13. The molecule has 1 aromatic heterocycles. The third kappa shape index (κ3) is 3.67. The summed E-state index contributed by atoms with van der Waals surface area (Å²) in [4.78, 5) is 11.1. The van der Waals surface area contributed by atoms with Crippen molar-refractivity contribution in [3.05, 3.63) is 70.4 Å². The molecule has 3 aromatic rings. The van der Waals surface area contributed by atoms with Crippen molar-refractivity contribution in [2.75, 3.05) is 0 Å². The van der Waals surface area contributed by atoms with Gasteiger partial charge < -0.3 is 9.84 Å². The van der Waals surface area contributed by atoms with E-state index in [-0.39, 0.29) is 5.69 Å². The summed E-state index contributed by atoms with van der Waals surface area (Å²) in [6.07, 6.45) is 0. The first-order valence-electron chi connectivity index (χ1n) is 7.70. The van der Waals surface area contributed by atoms with Crippen LogP contribution in [0.25, 0.3) is 11.3 Å². The number of carboxylic acid groups (broad SMARTS) is 1. The maximum Gasteiger partial charge on any atom is 0.356 e. The zero-order valence-corrected chi connectivity index (χ0v) is 14.6. The number of benzene rings is 2. The van der Waals surface area contributed by atoms with Gasteiger partial charge in [0, 0.05) is 12.6 Å². The Bertz CT molecular complexity index is 897. The van der Waals surface area contributed by atoms with Gasteiger partial charge in [-0.3, -0.25) is 4.68 Å². The van der Waals surface area contributed by atoms with Crippen LogP contribution in [0.3, 0.4) is 0 Å². The van der Waals surface area contributed by atoms with Crippen LogP contribution in [0.5, 0.6) is 5.75 Å². The fraction of sp³-hybridized carbons (Fsp3) is 0.158. The molecule has 0 saturated carbocycles. The molecule has 0 aliphatic carbocycles. The predicted octanol–water partition coefficient (Wildman–Crippen LogP) is 4.33. The van der Waals surface area contributed by atoms with Gasteiger partial charge in [0.15, 0.2) is 5.69 Å². The van der Waals surface area contributed by atoms with Gasteiger partial charge in [-0.05, 0) is 36.2 Å². The lowest BCUT2D eigenvalue weighted by molar-refractivity contribution is 0.0689. The zero-order chi connectivity index (χ0) is 18.0. The molecular formula is C19H17ClN2O3. The van der Waals surface area contributed by atoms with Crippen LogP contribution < -0.4 is 4.74 Å². The normalized spacial score (nSPS) is 10.7. The Balaban J connectivity index is 1.89. The number of carboxylic acids is 1. The number of rotatable bonds is 5. The first kappa shape index (κ1) is 17.0. The molecule has 0 saturated heterocycles. The van der Waals surface area contributed by atoms with Gasteiger partial charge in [0.05, 0.1) is 10.7 Å². The minimum absolute atomic E-state index is 0.00400. The SMILES string of the molecule is Cc1cc(-c2cc(C(=O)O)nn2C)cc(Cl)c1OCc1ccccc1. The van der Waals surface area contributed by atoms with E-state index in [1.807, 2.05) is 43.3 Å². The average Bonchev–Trinajstić information content (AvgIpc) is 2.97. The molecule has 0 bridgehead atoms. The molecule has 0 atom stereocenters. The van der Waals surface area contributed by atoms with Crippen LogP contribution in [0.1, 0.15) is 21.6 Å². The Morgan fingerprint density at radius 3 is 2.56 bits per heavy atom. The zero-order valence-electron chi connectivity index (χ0n) is 13.9. The van der Waals surface area contributed by atoms with E-state index in [2.05, 4.69) is 5.10 Å². The molecule has 25 heavy (non-hydrogen) atoms. The molecule has 3 rings (SSSR count). The molecule has 0 spiro atoms. The van der Waals surface area contributed by atoms with Crippen LogP contribution >= 0.6 is 11.6 Å². The van der Waals surface area contributed by atoms with Gasteiger partial charge in [0.2, 0.25) is 0 Å². The first-order valence-corrected chi connectivity index (χ1v) is 8.08. The first-order chi connectivity index (χ1) is 12.0. The molecular weight excluding hydrogens is 340 g/mol. The highest BCUT2D eigenvalue weighted by molar-refractivity contribution is 6.32. The Hall–Kier alpha value is -2.79. The molecule has 0 unspecified atom stereocenters. The van der Waals surface area contributed by atoms with E-state index in [0.717, 1.165) is 16.7 Å². The van der Waals surface area contributed by atoms with Crippen molar-refractivity contribution in [3.63, 3.8) is 0 Å². The van der Waals surface area contributed by atoms with Crippen LogP contribution in [0.4, 0.5) is 0 Å². The van der Waals surface area contributed by atoms with E-state index in [0.29, 0.717) is 23.1 Å². The van der Waals surface area contributed by atoms with Crippen LogP contribution in [-0.2, 0) is 13.7 Å². The molecule has 128 valence electrons. The fourth-order valence-corrected chi connectivity index (χ4v) is 2.95. The second-order valence-electron chi connectivity index (χ2n) is 5.72. The number of carbonyl (C=O) groups is 1. The van der Waals surface area contributed by atoms with E-state index in [1.54, 1.807) is 13.1 Å². The maximum absolute atomic E-state index is 11.1. The molecule has 0 amide bonds. The Morgan fingerprint density at radius 2 is 1.96 bits per heavy atom. The van der Waals surface area contributed by atoms with Gasteiger partial charge in [-0.15, -0.1) is 0 Å². The van der Waals surface area contributed by atoms with E-state index in [4.69, 9.17) is 21.4 Å². The molecule has 5 nitrogen and oxygen atoms in total. The summed E-state index contributed by atoms with van der Waals surface area (Å²) in [6, 6.07) is 15.0. The highest BCUT2D eigenvalue weighted by Gasteiger charge is 2.15. The van der Waals surface area contributed by atoms with Crippen molar-refractivity contribution >= 4 is 17.6 Å². The standard InChI is InChI=1S/C19H17ClN2O3/c1-12-8-14(17-10-16(19(23)24)21-22(17)2)9-15(20)18(12)25-11-13-6-4-3-5-7-13/h3-10H,11H2,1-2H3,(H,23,24). The molecule has 0 radical (unpaired) electrons. The summed E-state index contributed by atoms with van der Waals surface area (Å²) in [7, 11) is 1.70. The van der Waals surface area contributed by atoms with Crippen molar-refractivity contribution in [2.24, 2.45) is 7.05 Å². The van der Waals surface area contributed by atoms with Crippen LogP contribution in [0.2, 0.25) is 5.02 Å². The number of ether oxygens (including phenoxy) is 1. The number of nitrogens with zero attached hydrogens (tertiary/aromatic N) is 2. The summed E-state index contributed by atoms with van der Waals surface area (Å²) in [6.45, 7) is 2.33. The number of halogens is 1. The topological polar surface area (TPSA) is 64.3 Å². The molecule has 0 aliphatic heterocycles. The maximum atomic E-state index is 11.1. The highest BCUT2D eigenvalue weighted by atomic mass is 35.5. The summed E-state index contributed by atoms with van der Waals surface area (Å²) in [5.41, 5.74) is 3.39. The van der Waals surface area contributed by atoms with E-state index in [9.17, 15) is 4.79 Å². The molecule has 1 heterocycles. The lowest BCUT2D eigenvalue weighted by Gasteiger charge is -2.13. The van der Waals surface area contributed by atoms with Gasteiger partial charge in [-0.1, -0.05) is 41.9 Å². The van der Waals surface area contributed by atoms with Crippen LogP contribution in [-0.4, -0.2) is 20.9 Å². The van der Waals surface area contributed by atoms with E-state index in [1.165, 1.54) is 10.7 Å².